The van der Waals surface area contributed by atoms with Gasteiger partial charge < -0.3 is 9.90 Å². The highest BCUT2D eigenvalue weighted by molar-refractivity contribution is 6.04. The Hall–Kier alpha value is -2.17. The van der Waals surface area contributed by atoms with E-state index in [1.54, 1.807) is 12.1 Å². The van der Waals surface area contributed by atoms with Crippen LogP contribution in [-0.2, 0) is 0 Å². The molecule has 4 bridgehead atoms. The summed E-state index contributed by atoms with van der Waals surface area (Å²) in [6.45, 7) is 0. The molecule has 0 unspecified atom stereocenters. The molecular formula is C18H19N2O3-. The van der Waals surface area contributed by atoms with Crippen molar-refractivity contribution in [2.45, 2.75) is 32.1 Å². The number of carbonyl (C=O) groups excluding carboxylic acids is 2. The van der Waals surface area contributed by atoms with Gasteiger partial charge in [-0.05, 0) is 61.8 Å². The maximum Gasteiger partial charge on any atom is 0.272 e. The fourth-order valence-electron chi connectivity index (χ4n) is 4.88. The van der Waals surface area contributed by atoms with Crippen LogP contribution in [0.1, 0.15) is 52.8 Å². The van der Waals surface area contributed by atoms with E-state index < -0.39 is 11.9 Å². The minimum atomic E-state index is -1.35. The molecule has 4 fully saturated rings. The number of hydrogen-bond donors (Lipinski definition) is 1. The zero-order chi connectivity index (χ0) is 16.0. The smallest absolute Gasteiger partial charge is 0.272 e. The van der Waals surface area contributed by atoms with E-state index >= 15 is 0 Å². The molecule has 0 spiro atoms. The Morgan fingerprint density at radius 2 is 1.52 bits per heavy atom. The summed E-state index contributed by atoms with van der Waals surface area (Å²) in [5.41, 5.74) is 3.70. The minimum Gasteiger partial charge on any atom is -0.545 e. The normalized spacial score (nSPS) is 31.0. The lowest BCUT2D eigenvalue weighted by molar-refractivity contribution is -0.255. The first kappa shape index (κ1) is 14.4. The second-order valence-corrected chi connectivity index (χ2v) is 7.12. The van der Waals surface area contributed by atoms with E-state index in [0.717, 1.165) is 17.5 Å². The molecule has 0 aromatic heterocycles. The average Bonchev–Trinajstić information content (AvgIpc) is 2.53. The minimum absolute atomic E-state index is 0.0978. The molecule has 5 nitrogen and oxygen atoms in total. The number of amides is 1. The summed E-state index contributed by atoms with van der Waals surface area (Å²) in [7, 11) is 0. The van der Waals surface area contributed by atoms with Gasteiger partial charge in [-0.25, -0.2) is 5.43 Å². The van der Waals surface area contributed by atoms with Crippen molar-refractivity contribution in [2.75, 3.05) is 0 Å². The molecule has 1 amide bonds. The van der Waals surface area contributed by atoms with Crippen molar-refractivity contribution in [3.63, 3.8) is 0 Å². The molecule has 5 rings (SSSR count). The molecule has 0 saturated heterocycles. The first-order valence-corrected chi connectivity index (χ1v) is 8.30. The van der Waals surface area contributed by atoms with E-state index in [-0.39, 0.29) is 11.1 Å². The van der Waals surface area contributed by atoms with Crippen molar-refractivity contribution < 1.29 is 14.7 Å². The zero-order valence-electron chi connectivity index (χ0n) is 12.8. The third-order valence-electron chi connectivity index (χ3n) is 5.65. The Morgan fingerprint density at radius 3 is 2.09 bits per heavy atom. The Labute approximate surface area is 134 Å². The fraction of sp³-hybridized carbons (Fsp3) is 0.500. The van der Waals surface area contributed by atoms with E-state index in [1.165, 1.54) is 44.2 Å². The van der Waals surface area contributed by atoms with Crippen molar-refractivity contribution in [2.24, 2.45) is 28.8 Å². The van der Waals surface area contributed by atoms with Crippen LogP contribution in [0.3, 0.4) is 0 Å². The highest BCUT2D eigenvalue weighted by atomic mass is 16.4. The maximum atomic E-state index is 12.3. The first-order valence-electron chi connectivity index (χ1n) is 8.30. The van der Waals surface area contributed by atoms with E-state index in [4.69, 9.17) is 0 Å². The molecule has 4 aliphatic rings. The van der Waals surface area contributed by atoms with Gasteiger partial charge in [0.05, 0.1) is 11.5 Å². The third-order valence-corrected chi connectivity index (χ3v) is 5.65. The molecule has 4 aliphatic carbocycles. The summed E-state index contributed by atoms with van der Waals surface area (Å²) < 4.78 is 0. The van der Waals surface area contributed by atoms with Crippen LogP contribution >= 0.6 is 0 Å². The molecule has 0 heterocycles. The molecular weight excluding hydrogens is 292 g/mol. The topological polar surface area (TPSA) is 81.6 Å². The van der Waals surface area contributed by atoms with Crippen LogP contribution in [0.25, 0.3) is 0 Å². The Bertz CT molecular complexity index is 665. The summed E-state index contributed by atoms with van der Waals surface area (Å²) in [5.74, 6) is 0.854. The number of nitrogens with zero attached hydrogens (tertiary/aromatic N) is 1. The molecule has 1 aromatic carbocycles. The Morgan fingerprint density at radius 1 is 0.957 bits per heavy atom. The standard InChI is InChI=1S/C18H20N2O3/c21-17(14-3-1-2-4-15(14)18(22)23)20-19-16-12-6-10-5-11(8-12)9-13(16)7-10/h1-4,10-13H,5-9H2,(H,20,21)(H,22,23)/p-1. The van der Waals surface area contributed by atoms with Crippen LogP contribution in [0.4, 0.5) is 0 Å². The lowest BCUT2D eigenvalue weighted by Gasteiger charge is -2.50. The predicted molar refractivity (Wildman–Crippen MR) is 82.7 cm³/mol. The summed E-state index contributed by atoms with van der Waals surface area (Å²) in [5, 5.41) is 15.5. The SMILES string of the molecule is O=C([O-])c1ccccc1C(=O)NN=C1C2CC3CC(C2)CC1C3. The summed E-state index contributed by atoms with van der Waals surface area (Å²) in [6.07, 6.45) is 6.13. The van der Waals surface area contributed by atoms with E-state index in [9.17, 15) is 14.7 Å². The molecule has 120 valence electrons. The number of carbonyl (C=O) groups is 2. The van der Waals surface area contributed by atoms with Gasteiger partial charge in [-0.3, -0.25) is 4.79 Å². The number of aromatic carboxylic acids is 1. The van der Waals surface area contributed by atoms with Crippen LogP contribution < -0.4 is 10.5 Å². The fourth-order valence-corrected chi connectivity index (χ4v) is 4.88. The number of rotatable bonds is 3. The number of nitrogens with one attached hydrogen (secondary N) is 1. The van der Waals surface area contributed by atoms with Crippen molar-refractivity contribution in [1.82, 2.24) is 5.43 Å². The third kappa shape index (κ3) is 2.54. The quantitative estimate of drug-likeness (QED) is 0.861. The molecule has 23 heavy (non-hydrogen) atoms. The average molecular weight is 311 g/mol. The van der Waals surface area contributed by atoms with Crippen molar-refractivity contribution in [1.29, 1.82) is 0 Å². The Balaban J connectivity index is 1.53. The van der Waals surface area contributed by atoms with Crippen LogP contribution in [0.15, 0.2) is 29.4 Å². The van der Waals surface area contributed by atoms with Crippen molar-refractivity contribution >= 4 is 17.6 Å². The number of benzene rings is 1. The molecule has 0 atom stereocenters. The van der Waals surface area contributed by atoms with E-state index in [2.05, 4.69) is 10.5 Å². The van der Waals surface area contributed by atoms with Gasteiger partial charge in [0.15, 0.2) is 0 Å². The van der Waals surface area contributed by atoms with Gasteiger partial charge in [0.25, 0.3) is 5.91 Å². The second-order valence-electron chi connectivity index (χ2n) is 7.12. The van der Waals surface area contributed by atoms with Crippen molar-refractivity contribution in [3.8, 4) is 0 Å². The van der Waals surface area contributed by atoms with Gasteiger partial charge in [0.2, 0.25) is 0 Å². The van der Waals surface area contributed by atoms with Crippen LogP contribution in [0, 0.1) is 23.7 Å². The first-order chi connectivity index (χ1) is 11.1. The van der Waals surface area contributed by atoms with Gasteiger partial charge in [-0.15, -0.1) is 0 Å². The molecule has 1 N–H and O–H groups in total. The van der Waals surface area contributed by atoms with Crippen LogP contribution in [0.2, 0.25) is 0 Å². The van der Waals surface area contributed by atoms with E-state index in [0.29, 0.717) is 11.8 Å². The highest BCUT2D eigenvalue weighted by Crippen LogP contribution is 2.52. The molecule has 0 radical (unpaired) electrons. The monoisotopic (exact) mass is 311 g/mol. The molecule has 1 aromatic rings. The Kier molecular flexibility index (Phi) is 3.43. The lowest BCUT2D eigenvalue weighted by atomic mass is 9.55. The number of carboxylic acids is 1. The summed E-state index contributed by atoms with van der Waals surface area (Å²) >= 11 is 0. The van der Waals surface area contributed by atoms with Crippen LogP contribution in [-0.4, -0.2) is 17.6 Å². The maximum absolute atomic E-state index is 12.3. The summed E-state index contributed by atoms with van der Waals surface area (Å²) in [6, 6.07) is 6.07. The summed E-state index contributed by atoms with van der Waals surface area (Å²) in [4.78, 5) is 23.4. The predicted octanol–water partition coefficient (Wildman–Crippen LogP) is 1.59. The zero-order valence-corrected chi connectivity index (χ0v) is 12.8. The number of hydrogen-bond acceptors (Lipinski definition) is 4. The van der Waals surface area contributed by atoms with Crippen molar-refractivity contribution in [3.05, 3.63) is 35.4 Å². The molecule has 5 heteroatoms. The van der Waals surface area contributed by atoms with Gasteiger partial charge in [0.1, 0.15) is 0 Å². The number of hydrazone groups is 1. The molecule has 4 saturated carbocycles. The van der Waals surface area contributed by atoms with Gasteiger partial charge in [-0.1, -0.05) is 18.2 Å². The van der Waals surface area contributed by atoms with Gasteiger partial charge in [-0.2, -0.15) is 5.10 Å². The lowest BCUT2D eigenvalue weighted by Crippen LogP contribution is -2.46. The molecule has 0 aliphatic heterocycles. The highest BCUT2D eigenvalue weighted by Gasteiger charge is 2.46. The van der Waals surface area contributed by atoms with Crippen LogP contribution in [0.5, 0.6) is 0 Å². The van der Waals surface area contributed by atoms with Gasteiger partial charge >= 0.3 is 0 Å². The van der Waals surface area contributed by atoms with Gasteiger partial charge in [0, 0.05) is 11.3 Å². The largest absolute Gasteiger partial charge is 0.545 e. The van der Waals surface area contributed by atoms with E-state index in [1.807, 2.05) is 0 Å². The number of carboxylic acid groups (broad SMARTS) is 1. The second kappa shape index (κ2) is 5.48.